The number of aromatic nitrogens is 3. The number of rotatable bonds is 5. The van der Waals surface area contributed by atoms with Gasteiger partial charge in [-0.05, 0) is 30.2 Å². The van der Waals surface area contributed by atoms with Crippen LogP contribution in [-0.2, 0) is 0 Å². The first-order chi connectivity index (χ1) is 10.2. The first-order valence-corrected chi connectivity index (χ1v) is 7.13. The summed E-state index contributed by atoms with van der Waals surface area (Å²) in [5.41, 5.74) is 2.63. The number of hydrogen-bond acceptors (Lipinski definition) is 4. The molecule has 5 heteroatoms. The third-order valence-corrected chi connectivity index (χ3v) is 3.07. The minimum Gasteiger partial charge on any atom is -0.370 e. The molecule has 0 atom stereocenters. The predicted molar refractivity (Wildman–Crippen MR) is 86.9 cm³/mol. The molecule has 0 aliphatic carbocycles. The maximum absolute atomic E-state index is 4.52. The van der Waals surface area contributed by atoms with Crippen LogP contribution in [0.4, 0.5) is 17.5 Å². The van der Waals surface area contributed by atoms with Crippen LogP contribution in [0.3, 0.4) is 0 Å². The van der Waals surface area contributed by atoms with Gasteiger partial charge in [0, 0.05) is 12.2 Å². The molecule has 0 fully saturated rings. The van der Waals surface area contributed by atoms with Crippen molar-refractivity contribution in [3.63, 3.8) is 0 Å². The van der Waals surface area contributed by atoms with E-state index in [9.17, 15) is 0 Å². The molecule has 3 aromatic rings. The van der Waals surface area contributed by atoms with Crippen LogP contribution in [0.25, 0.3) is 11.2 Å². The lowest BCUT2D eigenvalue weighted by atomic mass is 10.2. The molecular weight excluding hydrogens is 262 g/mol. The molecule has 2 aromatic heterocycles. The van der Waals surface area contributed by atoms with Crippen LogP contribution >= 0.6 is 0 Å². The SMILES string of the molecule is CC(C)CNc1ccc2[nH]c(Nc3ccccc3)nc2n1. The lowest BCUT2D eigenvalue weighted by molar-refractivity contribution is 0.687. The van der Waals surface area contributed by atoms with Crippen LogP contribution < -0.4 is 10.6 Å². The average molecular weight is 281 g/mol. The normalized spacial score (nSPS) is 11.0. The van der Waals surface area contributed by atoms with Crippen LogP contribution in [0, 0.1) is 5.92 Å². The number of nitrogens with one attached hydrogen (secondary N) is 3. The van der Waals surface area contributed by atoms with Crippen LogP contribution in [0.1, 0.15) is 13.8 Å². The van der Waals surface area contributed by atoms with E-state index in [-0.39, 0.29) is 0 Å². The van der Waals surface area contributed by atoms with Gasteiger partial charge < -0.3 is 15.6 Å². The third kappa shape index (κ3) is 3.31. The molecule has 2 heterocycles. The number of hydrogen-bond donors (Lipinski definition) is 3. The Kier molecular flexibility index (Phi) is 3.73. The molecule has 0 amide bonds. The molecule has 21 heavy (non-hydrogen) atoms. The quantitative estimate of drug-likeness (QED) is 0.666. The molecule has 1 aromatic carbocycles. The van der Waals surface area contributed by atoms with Crippen molar-refractivity contribution in [2.75, 3.05) is 17.2 Å². The van der Waals surface area contributed by atoms with Crippen molar-refractivity contribution in [3.05, 3.63) is 42.5 Å². The number of imidazole rings is 1. The molecular formula is C16H19N5. The summed E-state index contributed by atoms with van der Waals surface area (Å²) < 4.78 is 0. The summed E-state index contributed by atoms with van der Waals surface area (Å²) in [6, 6.07) is 13.9. The minimum absolute atomic E-state index is 0.581. The maximum Gasteiger partial charge on any atom is 0.207 e. The minimum atomic E-state index is 0.581. The fourth-order valence-corrected chi connectivity index (χ4v) is 2.02. The Balaban J connectivity index is 1.80. The van der Waals surface area contributed by atoms with Gasteiger partial charge in [-0.15, -0.1) is 0 Å². The molecule has 0 bridgehead atoms. The molecule has 0 saturated carbocycles. The van der Waals surface area contributed by atoms with E-state index in [0.717, 1.165) is 23.6 Å². The number of aromatic amines is 1. The zero-order valence-electron chi connectivity index (χ0n) is 12.2. The number of fused-ring (bicyclic) bond motifs is 1. The van der Waals surface area contributed by atoms with Crippen LogP contribution in [0.15, 0.2) is 42.5 Å². The van der Waals surface area contributed by atoms with Gasteiger partial charge in [-0.1, -0.05) is 32.0 Å². The molecule has 0 saturated heterocycles. The first kappa shape index (κ1) is 13.4. The van der Waals surface area contributed by atoms with Gasteiger partial charge in [0.2, 0.25) is 5.95 Å². The highest BCUT2D eigenvalue weighted by Gasteiger charge is 2.05. The van der Waals surface area contributed by atoms with Gasteiger partial charge in [-0.25, -0.2) is 4.98 Å². The summed E-state index contributed by atoms with van der Waals surface area (Å²) in [6.45, 7) is 5.24. The number of nitrogens with zero attached hydrogens (tertiary/aromatic N) is 2. The van der Waals surface area contributed by atoms with E-state index < -0.39 is 0 Å². The summed E-state index contributed by atoms with van der Waals surface area (Å²) in [5, 5.41) is 6.55. The van der Waals surface area contributed by atoms with Crippen molar-refractivity contribution in [1.82, 2.24) is 15.0 Å². The average Bonchev–Trinajstić information content (AvgIpc) is 2.87. The zero-order chi connectivity index (χ0) is 14.7. The lowest BCUT2D eigenvalue weighted by Crippen LogP contribution is -2.08. The number of H-pyrrole nitrogens is 1. The van der Waals surface area contributed by atoms with Gasteiger partial charge in [0.05, 0.1) is 5.52 Å². The molecule has 5 nitrogen and oxygen atoms in total. The van der Waals surface area contributed by atoms with Crippen LogP contribution in [0.2, 0.25) is 0 Å². The van der Waals surface area contributed by atoms with Crippen LogP contribution in [0.5, 0.6) is 0 Å². The third-order valence-electron chi connectivity index (χ3n) is 3.07. The monoisotopic (exact) mass is 281 g/mol. The van der Waals surface area contributed by atoms with Crippen molar-refractivity contribution < 1.29 is 0 Å². The van der Waals surface area contributed by atoms with Crippen molar-refractivity contribution >= 4 is 28.6 Å². The Bertz CT molecular complexity index is 718. The molecule has 108 valence electrons. The van der Waals surface area contributed by atoms with E-state index >= 15 is 0 Å². The Morgan fingerprint density at radius 1 is 1.05 bits per heavy atom. The van der Waals surface area contributed by atoms with E-state index in [1.54, 1.807) is 0 Å². The number of benzene rings is 1. The second-order valence-corrected chi connectivity index (χ2v) is 5.42. The predicted octanol–water partition coefficient (Wildman–Crippen LogP) is 3.77. The molecule has 3 rings (SSSR count). The van der Waals surface area contributed by atoms with Crippen molar-refractivity contribution in [2.24, 2.45) is 5.92 Å². The Morgan fingerprint density at radius 3 is 2.62 bits per heavy atom. The van der Waals surface area contributed by atoms with Crippen molar-refractivity contribution in [2.45, 2.75) is 13.8 Å². The summed E-state index contributed by atoms with van der Waals surface area (Å²) in [6.07, 6.45) is 0. The molecule has 0 aliphatic rings. The lowest BCUT2D eigenvalue weighted by Gasteiger charge is -2.07. The Hall–Kier alpha value is -2.56. The zero-order valence-corrected chi connectivity index (χ0v) is 12.2. The Labute approximate surface area is 123 Å². The summed E-state index contributed by atoms with van der Waals surface area (Å²) in [4.78, 5) is 12.2. The topological polar surface area (TPSA) is 65.6 Å². The number of anilines is 3. The largest absolute Gasteiger partial charge is 0.370 e. The van der Waals surface area contributed by atoms with Gasteiger partial charge in [-0.2, -0.15) is 4.98 Å². The molecule has 0 aliphatic heterocycles. The fraction of sp³-hybridized carbons (Fsp3) is 0.250. The number of para-hydroxylation sites is 1. The molecule has 0 unspecified atom stereocenters. The summed E-state index contributed by atoms with van der Waals surface area (Å²) in [5.74, 6) is 2.13. The molecule has 0 spiro atoms. The van der Waals surface area contributed by atoms with E-state index in [4.69, 9.17) is 0 Å². The standard InChI is InChI=1S/C16H19N5/c1-11(2)10-17-14-9-8-13-15(20-14)21-16(19-13)18-12-6-4-3-5-7-12/h3-9,11H,10H2,1-2H3,(H3,17,18,19,20,21). The van der Waals surface area contributed by atoms with Crippen molar-refractivity contribution in [3.8, 4) is 0 Å². The van der Waals surface area contributed by atoms with Gasteiger partial charge in [0.25, 0.3) is 0 Å². The van der Waals surface area contributed by atoms with Gasteiger partial charge in [-0.3, -0.25) is 0 Å². The molecule has 0 radical (unpaired) electrons. The summed E-state index contributed by atoms with van der Waals surface area (Å²) >= 11 is 0. The van der Waals surface area contributed by atoms with Crippen LogP contribution in [-0.4, -0.2) is 21.5 Å². The maximum atomic E-state index is 4.52. The van der Waals surface area contributed by atoms with E-state index in [0.29, 0.717) is 17.5 Å². The second kappa shape index (κ2) is 5.83. The summed E-state index contributed by atoms with van der Waals surface area (Å²) in [7, 11) is 0. The van der Waals surface area contributed by atoms with Gasteiger partial charge >= 0.3 is 0 Å². The Morgan fingerprint density at radius 2 is 1.86 bits per heavy atom. The highest BCUT2D eigenvalue weighted by molar-refractivity contribution is 5.76. The van der Waals surface area contributed by atoms with E-state index in [1.807, 2.05) is 42.5 Å². The van der Waals surface area contributed by atoms with E-state index in [1.165, 1.54) is 0 Å². The first-order valence-electron chi connectivity index (χ1n) is 7.13. The molecule has 3 N–H and O–H groups in total. The van der Waals surface area contributed by atoms with Gasteiger partial charge in [0.15, 0.2) is 5.65 Å². The highest BCUT2D eigenvalue weighted by atomic mass is 15.2. The number of pyridine rings is 1. The fourth-order valence-electron chi connectivity index (χ4n) is 2.02. The smallest absolute Gasteiger partial charge is 0.207 e. The van der Waals surface area contributed by atoms with E-state index in [2.05, 4.69) is 39.4 Å². The highest BCUT2D eigenvalue weighted by Crippen LogP contribution is 2.18. The van der Waals surface area contributed by atoms with Crippen molar-refractivity contribution in [1.29, 1.82) is 0 Å². The second-order valence-electron chi connectivity index (χ2n) is 5.42. The van der Waals surface area contributed by atoms with Gasteiger partial charge in [0.1, 0.15) is 5.82 Å².